The molecule has 1 aromatic rings. The summed E-state index contributed by atoms with van der Waals surface area (Å²) in [7, 11) is -3.25. The summed E-state index contributed by atoms with van der Waals surface area (Å²) in [5.74, 6) is -1.58. The summed E-state index contributed by atoms with van der Waals surface area (Å²) >= 11 is 5.86. The monoisotopic (exact) mass is 305 g/mol. The first-order valence-electron chi connectivity index (χ1n) is 5.46. The van der Waals surface area contributed by atoms with Crippen LogP contribution in [0.3, 0.4) is 0 Å². The second kappa shape index (κ2) is 4.90. The maximum Gasteiger partial charge on any atom is 0.255 e. The second-order valence-corrected chi connectivity index (χ2v) is 7.09. The Labute approximate surface area is 114 Å². The van der Waals surface area contributed by atoms with Gasteiger partial charge in [-0.3, -0.25) is 4.79 Å². The molecule has 104 valence electrons. The zero-order valence-electron chi connectivity index (χ0n) is 9.71. The van der Waals surface area contributed by atoms with E-state index in [9.17, 15) is 23.4 Å². The number of sulfone groups is 1. The lowest BCUT2D eigenvalue weighted by Crippen LogP contribution is -2.40. The maximum absolute atomic E-state index is 11.9. The van der Waals surface area contributed by atoms with Crippen molar-refractivity contribution in [3.8, 4) is 11.5 Å². The summed E-state index contributed by atoms with van der Waals surface area (Å²) in [5.41, 5.74) is -0.131. The van der Waals surface area contributed by atoms with Crippen LogP contribution in [0.15, 0.2) is 18.2 Å². The van der Waals surface area contributed by atoms with Crippen molar-refractivity contribution in [3.63, 3.8) is 0 Å². The fourth-order valence-electron chi connectivity index (χ4n) is 1.89. The van der Waals surface area contributed by atoms with Crippen LogP contribution >= 0.6 is 11.6 Å². The number of halogens is 1. The minimum absolute atomic E-state index is 0.131. The van der Waals surface area contributed by atoms with Crippen LogP contribution in [0.25, 0.3) is 0 Å². The number of alkyl halides is 1. The van der Waals surface area contributed by atoms with Crippen molar-refractivity contribution < 1.29 is 23.4 Å². The topological polar surface area (TPSA) is 104 Å². The number of rotatable bonds is 2. The number of nitrogens with one attached hydrogen (secondary N) is 1. The molecule has 6 nitrogen and oxygen atoms in total. The van der Waals surface area contributed by atoms with E-state index in [1.165, 1.54) is 12.1 Å². The second-order valence-electron chi connectivity index (χ2n) is 4.37. The Morgan fingerprint density at radius 2 is 2.00 bits per heavy atom. The molecule has 0 spiro atoms. The summed E-state index contributed by atoms with van der Waals surface area (Å²) < 4.78 is 22.7. The van der Waals surface area contributed by atoms with Crippen LogP contribution in [0, 0.1) is 0 Å². The largest absolute Gasteiger partial charge is 0.508 e. The lowest BCUT2D eigenvalue weighted by atomic mass is 10.1. The molecule has 2 unspecified atom stereocenters. The van der Waals surface area contributed by atoms with Crippen LogP contribution in [-0.4, -0.2) is 47.5 Å². The summed E-state index contributed by atoms with van der Waals surface area (Å²) in [4.78, 5) is 11.9. The van der Waals surface area contributed by atoms with Crippen LogP contribution in [0.2, 0.25) is 0 Å². The van der Waals surface area contributed by atoms with Crippen LogP contribution in [0.5, 0.6) is 11.5 Å². The van der Waals surface area contributed by atoms with Gasteiger partial charge in [0, 0.05) is 0 Å². The molecule has 0 aliphatic carbocycles. The third kappa shape index (κ3) is 3.10. The Balaban J connectivity index is 2.16. The molecule has 0 bridgehead atoms. The number of carbonyl (C=O) groups is 1. The highest BCUT2D eigenvalue weighted by Crippen LogP contribution is 2.23. The van der Waals surface area contributed by atoms with Crippen molar-refractivity contribution in [2.75, 3.05) is 11.5 Å². The highest BCUT2D eigenvalue weighted by Gasteiger charge is 2.37. The van der Waals surface area contributed by atoms with E-state index in [-0.39, 0.29) is 28.6 Å². The van der Waals surface area contributed by atoms with E-state index in [0.717, 1.165) is 6.07 Å². The fraction of sp³-hybridized carbons (Fsp3) is 0.364. The predicted molar refractivity (Wildman–Crippen MR) is 69.3 cm³/mol. The SMILES string of the molecule is O=C(NC1CS(=O)(=O)CC1Cl)c1cc(O)ccc1O. The molecular weight excluding hydrogens is 294 g/mol. The van der Waals surface area contributed by atoms with Gasteiger partial charge in [0.15, 0.2) is 9.84 Å². The first kappa shape index (κ1) is 14.0. The van der Waals surface area contributed by atoms with Crippen molar-refractivity contribution in [1.29, 1.82) is 0 Å². The van der Waals surface area contributed by atoms with Gasteiger partial charge in [-0.1, -0.05) is 0 Å². The van der Waals surface area contributed by atoms with E-state index in [2.05, 4.69) is 5.32 Å². The van der Waals surface area contributed by atoms with Crippen molar-refractivity contribution in [2.45, 2.75) is 11.4 Å². The van der Waals surface area contributed by atoms with Gasteiger partial charge in [-0.25, -0.2) is 8.42 Å². The number of amides is 1. The van der Waals surface area contributed by atoms with Gasteiger partial charge in [0.2, 0.25) is 0 Å². The zero-order chi connectivity index (χ0) is 14.2. The number of hydrogen-bond acceptors (Lipinski definition) is 5. The van der Waals surface area contributed by atoms with Gasteiger partial charge < -0.3 is 15.5 Å². The molecule has 1 aromatic carbocycles. The Morgan fingerprint density at radius 3 is 2.58 bits per heavy atom. The molecule has 0 radical (unpaired) electrons. The Bertz CT molecular complexity index is 616. The fourth-order valence-corrected chi connectivity index (χ4v) is 4.44. The number of carbonyl (C=O) groups excluding carboxylic acids is 1. The Morgan fingerprint density at radius 1 is 1.32 bits per heavy atom. The number of benzene rings is 1. The maximum atomic E-state index is 11.9. The van der Waals surface area contributed by atoms with E-state index < -0.39 is 27.2 Å². The molecule has 1 fully saturated rings. The molecule has 1 saturated heterocycles. The van der Waals surface area contributed by atoms with Crippen LogP contribution < -0.4 is 5.32 Å². The summed E-state index contributed by atoms with van der Waals surface area (Å²) in [6.07, 6.45) is 0. The van der Waals surface area contributed by atoms with Gasteiger partial charge in [0.25, 0.3) is 5.91 Å². The quantitative estimate of drug-likeness (QED) is 0.536. The smallest absolute Gasteiger partial charge is 0.255 e. The average Bonchev–Trinajstić information content (AvgIpc) is 2.55. The standard InChI is InChI=1S/C11H12ClNO5S/c12-8-4-19(17,18)5-9(8)13-11(16)7-3-6(14)1-2-10(7)15/h1-3,8-9,14-15H,4-5H2,(H,13,16). The lowest BCUT2D eigenvalue weighted by molar-refractivity contribution is 0.0938. The zero-order valence-corrected chi connectivity index (χ0v) is 11.3. The summed E-state index contributed by atoms with van der Waals surface area (Å²) in [5, 5.41) is 20.5. The van der Waals surface area contributed by atoms with Gasteiger partial charge in [-0.05, 0) is 18.2 Å². The van der Waals surface area contributed by atoms with Gasteiger partial charge in [0.1, 0.15) is 11.5 Å². The Kier molecular flexibility index (Phi) is 3.60. The first-order chi connectivity index (χ1) is 8.78. The normalized spacial score (nSPS) is 25.1. The van der Waals surface area contributed by atoms with Crippen molar-refractivity contribution in [3.05, 3.63) is 23.8 Å². The minimum Gasteiger partial charge on any atom is -0.508 e. The van der Waals surface area contributed by atoms with Gasteiger partial charge in [0.05, 0.1) is 28.5 Å². The number of aromatic hydroxyl groups is 2. The predicted octanol–water partition coefficient (Wildman–Crippen LogP) is 0.232. The van der Waals surface area contributed by atoms with Crippen LogP contribution in [-0.2, 0) is 9.84 Å². The number of phenolic OH excluding ortho intramolecular Hbond substituents is 2. The minimum atomic E-state index is -3.25. The number of hydrogen-bond donors (Lipinski definition) is 3. The first-order valence-corrected chi connectivity index (χ1v) is 7.71. The van der Waals surface area contributed by atoms with Crippen molar-refractivity contribution >= 4 is 27.3 Å². The van der Waals surface area contributed by atoms with E-state index in [4.69, 9.17) is 11.6 Å². The molecule has 2 rings (SSSR count). The molecule has 0 saturated carbocycles. The van der Waals surface area contributed by atoms with Gasteiger partial charge in [-0.15, -0.1) is 11.6 Å². The molecule has 1 heterocycles. The third-order valence-electron chi connectivity index (χ3n) is 2.82. The highest BCUT2D eigenvalue weighted by atomic mass is 35.5. The van der Waals surface area contributed by atoms with Crippen LogP contribution in [0.4, 0.5) is 0 Å². The van der Waals surface area contributed by atoms with E-state index in [1.807, 2.05) is 0 Å². The Hall–Kier alpha value is -1.47. The molecule has 8 heteroatoms. The van der Waals surface area contributed by atoms with Crippen molar-refractivity contribution in [2.24, 2.45) is 0 Å². The molecule has 1 aliphatic rings. The van der Waals surface area contributed by atoms with Crippen molar-refractivity contribution in [1.82, 2.24) is 5.32 Å². The number of phenols is 2. The van der Waals surface area contributed by atoms with Crippen LogP contribution in [0.1, 0.15) is 10.4 Å². The molecule has 0 aromatic heterocycles. The summed E-state index contributed by atoms with van der Waals surface area (Å²) in [6, 6.07) is 2.79. The lowest BCUT2D eigenvalue weighted by Gasteiger charge is -2.14. The van der Waals surface area contributed by atoms with E-state index >= 15 is 0 Å². The third-order valence-corrected chi connectivity index (χ3v) is 5.20. The average molecular weight is 306 g/mol. The molecule has 3 N–H and O–H groups in total. The molecular formula is C11H12ClNO5S. The van der Waals surface area contributed by atoms with E-state index in [0.29, 0.717) is 0 Å². The van der Waals surface area contributed by atoms with Gasteiger partial charge >= 0.3 is 0 Å². The molecule has 1 aliphatic heterocycles. The molecule has 2 atom stereocenters. The van der Waals surface area contributed by atoms with E-state index in [1.54, 1.807) is 0 Å². The summed E-state index contributed by atoms with van der Waals surface area (Å²) in [6.45, 7) is 0. The van der Waals surface area contributed by atoms with Gasteiger partial charge in [-0.2, -0.15) is 0 Å². The highest BCUT2D eigenvalue weighted by molar-refractivity contribution is 7.91. The molecule has 19 heavy (non-hydrogen) atoms. The molecule has 1 amide bonds.